The van der Waals surface area contributed by atoms with E-state index >= 15 is 0 Å². The van der Waals surface area contributed by atoms with Gasteiger partial charge in [-0.05, 0) is 18.6 Å². The largest absolute Gasteiger partial charge is 0.259 e. The number of nitriles is 1. The van der Waals surface area contributed by atoms with Gasteiger partial charge in [0, 0.05) is 11.9 Å². The molecule has 2 nitrogen and oxygen atoms in total. The van der Waals surface area contributed by atoms with Crippen molar-refractivity contribution in [1.82, 2.24) is 4.57 Å². The van der Waals surface area contributed by atoms with Crippen LogP contribution in [0.3, 0.4) is 0 Å². The molecule has 0 aliphatic rings. The molecule has 1 heterocycles. The van der Waals surface area contributed by atoms with Gasteiger partial charge in [-0.1, -0.05) is 6.92 Å². The second-order valence-electron chi connectivity index (χ2n) is 1.82. The fraction of sp³-hybridized carbons (Fsp3) is 0.286. The molecule has 46 valence electrons. The summed E-state index contributed by atoms with van der Waals surface area (Å²) in [7, 11) is 0. The van der Waals surface area contributed by atoms with E-state index in [1.807, 2.05) is 25.2 Å². The van der Waals surface area contributed by atoms with Crippen molar-refractivity contribution in [2.45, 2.75) is 13.3 Å². The van der Waals surface area contributed by atoms with Gasteiger partial charge in [0.05, 0.1) is 0 Å². The van der Waals surface area contributed by atoms with E-state index in [-0.39, 0.29) is 0 Å². The maximum absolute atomic E-state index is 8.45. The van der Waals surface area contributed by atoms with E-state index < -0.39 is 0 Å². The molecule has 2 heteroatoms. The molecule has 0 amide bonds. The Bertz CT molecular complexity index is 229. The number of hydrogen-bond donors (Lipinski definition) is 0. The third-order valence-electron chi connectivity index (χ3n) is 1.30. The number of rotatable bonds is 1. The average Bonchev–Trinajstić information content (AvgIpc) is 2.33. The lowest BCUT2D eigenvalue weighted by Crippen LogP contribution is -1.90. The summed E-state index contributed by atoms with van der Waals surface area (Å²) < 4.78 is 1.57. The number of aromatic nitrogens is 1. The Kier molecular flexibility index (Phi) is 1.55. The molecule has 0 atom stereocenters. The van der Waals surface area contributed by atoms with Crippen LogP contribution in [-0.2, 0) is 6.42 Å². The lowest BCUT2D eigenvalue weighted by molar-refractivity contribution is 0.950. The van der Waals surface area contributed by atoms with Crippen LogP contribution in [0.15, 0.2) is 18.3 Å². The minimum absolute atomic E-state index is 0.917. The minimum atomic E-state index is 0.917. The van der Waals surface area contributed by atoms with Gasteiger partial charge in [0.15, 0.2) is 6.19 Å². The van der Waals surface area contributed by atoms with Gasteiger partial charge >= 0.3 is 0 Å². The number of hydrogen-bond acceptors (Lipinski definition) is 1. The van der Waals surface area contributed by atoms with Crippen LogP contribution in [0.5, 0.6) is 0 Å². The highest BCUT2D eigenvalue weighted by atomic mass is 14.9. The van der Waals surface area contributed by atoms with Gasteiger partial charge in [-0.15, -0.1) is 0 Å². The van der Waals surface area contributed by atoms with E-state index in [0.29, 0.717) is 0 Å². The summed E-state index contributed by atoms with van der Waals surface area (Å²) in [6.07, 6.45) is 4.72. The zero-order chi connectivity index (χ0) is 6.69. The van der Waals surface area contributed by atoms with Crippen molar-refractivity contribution >= 4 is 0 Å². The van der Waals surface area contributed by atoms with Gasteiger partial charge in [0.2, 0.25) is 0 Å². The first kappa shape index (κ1) is 5.90. The fourth-order valence-corrected chi connectivity index (χ4v) is 0.802. The zero-order valence-corrected chi connectivity index (χ0v) is 5.33. The molecule has 0 spiro atoms. The molecule has 1 rings (SSSR count). The van der Waals surface area contributed by atoms with Crippen LogP contribution in [0.4, 0.5) is 0 Å². The van der Waals surface area contributed by atoms with E-state index in [9.17, 15) is 0 Å². The second kappa shape index (κ2) is 2.36. The van der Waals surface area contributed by atoms with Crippen molar-refractivity contribution < 1.29 is 0 Å². The van der Waals surface area contributed by atoms with Crippen molar-refractivity contribution in [2.75, 3.05) is 0 Å². The van der Waals surface area contributed by atoms with Gasteiger partial charge in [-0.2, -0.15) is 5.26 Å². The molecule has 1 aromatic heterocycles. The van der Waals surface area contributed by atoms with E-state index in [1.54, 1.807) is 10.8 Å². The molecule has 0 bridgehead atoms. The third-order valence-corrected chi connectivity index (χ3v) is 1.30. The molecule has 0 unspecified atom stereocenters. The molecule has 0 radical (unpaired) electrons. The van der Waals surface area contributed by atoms with Crippen LogP contribution in [0, 0.1) is 11.5 Å². The highest BCUT2D eigenvalue weighted by Crippen LogP contribution is 1.99. The number of aryl methyl sites for hydroxylation is 1. The van der Waals surface area contributed by atoms with Gasteiger partial charge in [-0.3, -0.25) is 4.57 Å². The fourth-order valence-electron chi connectivity index (χ4n) is 0.802. The molecule has 0 saturated carbocycles. The first-order valence-electron chi connectivity index (χ1n) is 2.95. The lowest BCUT2D eigenvalue weighted by Gasteiger charge is -1.91. The summed E-state index contributed by atoms with van der Waals surface area (Å²) >= 11 is 0. The third kappa shape index (κ3) is 0.945. The zero-order valence-electron chi connectivity index (χ0n) is 5.33. The monoisotopic (exact) mass is 120 g/mol. The molecule has 0 fully saturated rings. The standard InChI is InChI=1S/C7H8N2/c1-2-7-4-3-5-9(7)6-8/h3-5H,2H2,1H3. The van der Waals surface area contributed by atoms with Crippen LogP contribution >= 0.6 is 0 Å². The Morgan fingerprint density at radius 2 is 2.56 bits per heavy atom. The molecule has 0 N–H and O–H groups in total. The van der Waals surface area contributed by atoms with Crippen molar-refractivity contribution in [3.63, 3.8) is 0 Å². The predicted octanol–water partition coefficient (Wildman–Crippen LogP) is 1.38. The Morgan fingerprint density at radius 1 is 1.78 bits per heavy atom. The van der Waals surface area contributed by atoms with E-state index in [0.717, 1.165) is 12.1 Å². The van der Waals surface area contributed by atoms with Crippen LogP contribution in [-0.4, -0.2) is 4.57 Å². The topological polar surface area (TPSA) is 28.7 Å². The molecule has 0 saturated heterocycles. The van der Waals surface area contributed by atoms with Gasteiger partial charge < -0.3 is 0 Å². The summed E-state index contributed by atoms with van der Waals surface area (Å²) in [6, 6.07) is 3.82. The second-order valence-corrected chi connectivity index (χ2v) is 1.82. The summed E-state index contributed by atoms with van der Waals surface area (Å²) in [5, 5.41) is 8.45. The Balaban J connectivity index is 3.02. The van der Waals surface area contributed by atoms with Crippen molar-refractivity contribution in [1.29, 1.82) is 5.26 Å². The maximum atomic E-state index is 8.45. The summed E-state index contributed by atoms with van der Waals surface area (Å²) in [5.41, 5.74) is 1.07. The number of nitrogens with zero attached hydrogens (tertiary/aromatic N) is 2. The molecule has 9 heavy (non-hydrogen) atoms. The molecular weight excluding hydrogens is 112 g/mol. The SMILES string of the molecule is CCc1cccn1C#N. The van der Waals surface area contributed by atoms with Crippen LogP contribution in [0.1, 0.15) is 12.6 Å². The van der Waals surface area contributed by atoms with E-state index in [1.165, 1.54) is 0 Å². The molecule has 0 aliphatic heterocycles. The van der Waals surface area contributed by atoms with Crippen LogP contribution in [0.25, 0.3) is 0 Å². The van der Waals surface area contributed by atoms with Crippen molar-refractivity contribution in [3.05, 3.63) is 24.0 Å². The molecule has 1 aromatic rings. The highest BCUT2D eigenvalue weighted by molar-refractivity contribution is 5.11. The molecule has 0 aliphatic carbocycles. The summed E-state index contributed by atoms with van der Waals surface area (Å²) in [4.78, 5) is 0. The van der Waals surface area contributed by atoms with Gasteiger partial charge in [-0.25, -0.2) is 0 Å². The Morgan fingerprint density at radius 3 is 3.00 bits per heavy atom. The summed E-state index contributed by atoms with van der Waals surface area (Å²) in [6.45, 7) is 2.03. The van der Waals surface area contributed by atoms with E-state index in [4.69, 9.17) is 5.26 Å². The Hall–Kier alpha value is -1.23. The quantitative estimate of drug-likeness (QED) is 0.550. The molecular formula is C7H8N2. The maximum Gasteiger partial charge on any atom is 0.188 e. The van der Waals surface area contributed by atoms with Crippen LogP contribution < -0.4 is 0 Å². The first-order chi connectivity index (χ1) is 4.38. The highest BCUT2D eigenvalue weighted by Gasteiger charge is 1.92. The first-order valence-corrected chi connectivity index (χ1v) is 2.95. The van der Waals surface area contributed by atoms with E-state index in [2.05, 4.69) is 0 Å². The van der Waals surface area contributed by atoms with Crippen molar-refractivity contribution in [2.24, 2.45) is 0 Å². The average molecular weight is 120 g/mol. The minimum Gasteiger partial charge on any atom is -0.259 e. The predicted molar refractivity (Wildman–Crippen MR) is 34.8 cm³/mol. The van der Waals surface area contributed by atoms with Crippen LogP contribution in [0.2, 0.25) is 0 Å². The van der Waals surface area contributed by atoms with Crippen molar-refractivity contribution in [3.8, 4) is 6.19 Å². The summed E-state index contributed by atoms with van der Waals surface area (Å²) in [5.74, 6) is 0. The normalized spacial score (nSPS) is 8.89. The molecule has 0 aromatic carbocycles. The smallest absolute Gasteiger partial charge is 0.188 e. The van der Waals surface area contributed by atoms with Gasteiger partial charge in [0.1, 0.15) is 0 Å². The Labute approximate surface area is 54.3 Å². The van der Waals surface area contributed by atoms with Gasteiger partial charge in [0.25, 0.3) is 0 Å². The lowest BCUT2D eigenvalue weighted by atomic mass is 10.3.